The molecule has 0 saturated carbocycles. The van der Waals surface area contributed by atoms with Gasteiger partial charge in [0.1, 0.15) is 5.82 Å². The fraction of sp³-hybridized carbons (Fsp3) is 0.195. The average molecular weight is 1380 g/mol. The fourth-order valence-corrected chi connectivity index (χ4v) is 17.0. The Morgan fingerprint density at radius 3 is 1.80 bits per heavy atom. The van der Waals surface area contributed by atoms with Crippen molar-refractivity contribution < 1.29 is 63.3 Å². The smallest absolute Gasteiger partial charge is 0.268 e. The molecule has 444 valence electrons. The van der Waals surface area contributed by atoms with Crippen LogP contribution in [0.1, 0.15) is 137 Å². The minimum Gasteiger partial charge on any atom is -0.510 e. The largest absolute Gasteiger partial charge is 0.510 e. The zero-order chi connectivity index (χ0) is 81.3. The van der Waals surface area contributed by atoms with Crippen molar-refractivity contribution in [1.82, 2.24) is 14.1 Å². The van der Waals surface area contributed by atoms with Crippen LogP contribution in [-0.4, -0.2) is 22.2 Å². The number of nitrogens with zero attached hydrogens (tertiary/aromatic N) is 4. The monoisotopic (exact) mass is 1380 g/mol. The van der Waals surface area contributed by atoms with E-state index in [1.165, 1.54) is 16.7 Å². The molecule has 7 heteroatoms. The topological polar surface area (TPSA) is 35.9 Å². The van der Waals surface area contributed by atoms with Gasteiger partial charge in [0.15, 0.2) is 8.07 Å². The van der Waals surface area contributed by atoms with Crippen molar-refractivity contribution >= 4 is 61.7 Å². The molecule has 13 aromatic rings. The molecule has 0 spiro atoms. The summed E-state index contributed by atoms with van der Waals surface area (Å²) >= 11 is 0. The van der Waals surface area contributed by atoms with Crippen molar-refractivity contribution in [2.45, 2.75) is 103 Å². The number of rotatable bonds is 11. The summed E-state index contributed by atoms with van der Waals surface area (Å²) in [6.45, 7) is -6.00. The summed E-state index contributed by atoms with van der Waals surface area (Å²) in [5.74, 6) is 1.05. The number of fused-ring (bicyclic) bond motifs is 5. The van der Waals surface area contributed by atoms with E-state index in [-0.39, 0.29) is 71.5 Å². The predicted molar refractivity (Wildman–Crippen MR) is 367 cm³/mol. The van der Waals surface area contributed by atoms with Crippen LogP contribution in [0.2, 0.25) is 0 Å². The van der Waals surface area contributed by atoms with E-state index in [0.29, 0.717) is 11.3 Å². The summed E-state index contributed by atoms with van der Waals surface area (Å²) in [6.07, 6.45) is -4.03. The van der Waals surface area contributed by atoms with Crippen LogP contribution in [0.25, 0.3) is 72.3 Å². The van der Waals surface area contributed by atoms with Crippen LogP contribution in [0.15, 0.2) is 243 Å². The number of para-hydroxylation sites is 3. The summed E-state index contributed by atoms with van der Waals surface area (Å²) in [4.78, 5) is 4.91. The molecule has 0 fully saturated rings. The van der Waals surface area contributed by atoms with Crippen molar-refractivity contribution in [3.05, 3.63) is 283 Å². The van der Waals surface area contributed by atoms with E-state index in [9.17, 15) is 23.3 Å². The van der Waals surface area contributed by atoms with Crippen LogP contribution < -0.4 is 30.1 Å². The van der Waals surface area contributed by atoms with Gasteiger partial charge in [-0.2, -0.15) is 17.3 Å². The summed E-state index contributed by atoms with van der Waals surface area (Å²) < 4.78 is 238. The van der Waals surface area contributed by atoms with Gasteiger partial charge in [-0.3, -0.25) is 4.57 Å². The van der Waals surface area contributed by atoms with E-state index < -0.39 is 141 Å². The maximum Gasteiger partial charge on any atom is 0.268 e. The Hall–Kier alpha value is -8.67. The van der Waals surface area contributed by atoms with Gasteiger partial charge >= 0.3 is 0 Å². The average Bonchev–Trinajstić information content (AvgIpc) is 1.07. The molecule has 0 amide bonds. The Morgan fingerprint density at radius 2 is 1.16 bits per heavy atom. The van der Waals surface area contributed by atoms with Gasteiger partial charge in [0.25, 0.3) is 6.33 Å². The number of hydrogen-bond donors (Lipinski definition) is 0. The van der Waals surface area contributed by atoms with Gasteiger partial charge in [-0.1, -0.05) is 268 Å². The normalized spacial score (nSPS) is 19.6. The van der Waals surface area contributed by atoms with Crippen LogP contribution in [0, 0.1) is 18.5 Å². The molecule has 0 unspecified atom stereocenters. The van der Waals surface area contributed by atoms with Crippen LogP contribution in [0.4, 0.5) is 0 Å². The first-order chi connectivity index (χ1) is 52.2. The van der Waals surface area contributed by atoms with Crippen LogP contribution in [-0.2, 0) is 42.7 Å². The number of benzene rings is 10. The molecule has 0 radical (unpaired) electrons. The minimum atomic E-state index is -4.67. The summed E-state index contributed by atoms with van der Waals surface area (Å²) in [5.41, 5.74) is -12.9. The zero-order valence-corrected chi connectivity index (χ0v) is 52.8. The summed E-state index contributed by atoms with van der Waals surface area (Å²) in [6, 6.07) is 58.0. The van der Waals surface area contributed by atoms with E-state index in [4.69, 9.17) is 19.3 Å². The molecule has 0 bridgehead atoms. The Balaban J connectivity index is 0.0000112. The van der Waals surface area contributed by atoms with Crippen LogP contribution >= 0.6 is 0 Å². The Labute approximate surface area is 574 Å². The number of imidazole rings is 1. The molecular formula is C82H74N4OPtSi-2. The Kier molecular flexibility index (Phi) is 9.54. The second kappa shape index (κ2) is 22.7. The summed E-state index contributed by atoms with van der Waals surface area (Å²) in [5, 5.41) is 5.33. The molecule has 89 heavy (non-hydrogen) atoms. The van der Waals surface area contributed by atoms with Gasteiger partial charge in [0, 0.05) is 66.2 Å². The Bertz CT molecular complexity index is 5810. The zero-order valence-electron chi connectivity index (χ0n) is 73.5. The first-order valence-electron chi connectivity index (χ1n) is 41.0. The standard InChI is InChI=1S/C82H74N4OSi.Pt/c1-79(2,3)58-43-46-83-77(50-58)86-73-36-24-23-35-67(73)68-41-40-61(54-76(68)86)87-62-51-60(52-66(53-62)88(63-29-17-12-18-30-63,64-31-19-13-20-32-64)65-33-21-14-22-34-65)84-55-85(75-38-26-25-37-74(75)84)78-69(56-27-15-11-16-28-56)48-59(80(4,5)6)49-70(78)57-39-42-71-72(47-57)82(9,10)45-44-81(71,7)8;/h11-43,46-50,52-53H,44-45H2,1-10H3;/q-2;/i7D3,8D3,9D3,10D3,11D,15D,16D,27D,28D,39D,42D,44D2,45D2,47D;. The van der Waals surface area contributed by atoms with Crippen molar-refractivity contribution in [2.75, 3.05) is 0 Å². The fourth-order valence-electron chi connectivity index (χ4n) is 12.2. The maximum atomic E-state index is 10.7. The summed E-state index contributed by atoms with van der Waals surface area (Å²) in [7, 11) is -3.67. The molecular weight excluding hydrogens is 1280 g/mol. The molecule has 3 aromatic heterocycles. The van der Waals surface area contributed by atoms with E-state index in [0.717, 1.165) is 42.6 Å². The molecule has 0 N–H and O–H groups in total. The quantitative estimate of drug-likeness (QED) is 0.0560. The van der Waals surface area contributed by atoms with E-state index in [2.05, 4.69) is 81.7 Å². The molecule has 0 atom stereocenters. The van der Waals surface area contributed by atoms with Gasteiger partial charge in [0.2, 0.25) is 0 Å². The van der Waals surface area contributed by atoms with E-state index in [1.54, 1.807) is 55.8 Å². The molecule has 14 rings (SSSR count). The Morgan fingerprint density at radius 1 is 0.562 bits per heavy atom. The second-order valence-electron chi connectivity index (χ2n) is 24.3. The second-order valence-corrected chi connectivity index (χ2v) is 28.1. The molecule has 3 heterocycles. The van der Waals surface area contributed by atoms with Crippen molar-refractivity contribution in [3.63, 3.8) is 0 Å². The number of hydrogen-bond acceptors (Lipinski definition) is 2. The third kappa shape index (κ3) is 10.5. The molecule has 10 aromatic carbocycles. The minimum absolute atomic E-state index is 0. The van der Waals surface area contributed by atoms with E-state index in [1.807, 2.05) is 114 Å². The number of pyridine rings is 1. The van der Waals surface area contributed by atoms with Crippen molar-refractivity contribution in [2.24, 2.45) is 0 Å². The SMILES string of the molecule is [2H]c1c([2H])c([2H])c(-c2cc(C(C)(C)C)cc(-c3c([2H])c([2H])c4c(c3[2H])C(C([2H])([2H])[2H])(C([2H])([2H])[2H])C([2H])([2H])C([2H])([2H])C4(C([2H])([2H])[2H])C([2H])([2H])[2H])c2-[n+]2[c-]n(-c3[c-]c(Oc4[c-]c5c(cc4)c4ccccc4n5-c4cc(C(C)(C)C)ccn4)cc([Si](c4ccccc4)(c4ccccc4)c4ccccc4)c3)c3ccccc32)c([2H])c1[2H].[Pt]. The van der Waals surface area contributed by atoms with Crippen molar-refractivity contribution in [1.29, 1.82) is 0 Å². The van der Waals surface area contributed by atoms with Gasteiger partial charge in [0.05, 0.1) is 27.7 Å². The van der Waals surface area contributed by atoms with Crippen LogP contribution in [0.3, 0.4) is 0 Å². The third-order valence-electron chi connectivity index (χ3n) is 16.5. The van der Waals surface area contributed by atoms with Gasteiger partial charge in [-0.05, 0) is 124 Å². The van der Waals surface area contributed by atoms with Gasteiger partial charge in [-0.15, -0.1) is 29.7 Å². The predicted octanol–water partition coefficient (Wildman–Crippen LogP) is 17.2. The molecule has 1 aliphatic rings. The first-order valence-corrected chi connectivity index (χ1v) is 31.0. The van der Waals surface area contributed by atoms with Crippen LogP contribution in [0.5, 0.6) is 11.5 Å². The molecule has 0 aliphatic heterocycles. The third-order valence-corrected chi connectivity index (χ3v) is 21.3. The molecule has 0 saturated heterocycles. The molecule has 5 nitrogen and oxygen atoms in total. The maximum absolute atomic E-state index is 10.7. The van der Waals surface area contributed by atoms with Gasteiger partial charge < -0.3 is 13.9 Å². The van der Waals surface area contributed by atoms with Crippen molar-refractivity contribution in [3.8, 4) is 50.9 Å². The number of aromatic nitrogens is 4. The first kappa shape index (κ1) is 37.4. The van der Waals surface area contributed by atoms with Gasteiger partial charge in [-0.25, -0.2) is 4.98 Å². The van der Waals surface area contributed by atoms with E-state index >= 15 is 0 Å². The molecule has 1 aliphatic carbocycles. The number of ether oxygens (including phenoxy) is 1.